The van der Waals surface area contributed by atoms with Gasteiger partial charge in [0.05, 0.1) is 12.8 Å². The zero-order chi connectivity index (χ0) is 11.4. The molecule has 0 aliphatic rings. The largest absolute Gasteiger partial charge is 0.461 e. The second kappa shape index (κ2) is 4.53. The van der Waals surface area contributed by atoms with E-state index in [1.165, 1.54) is 11.1 Å². The molecular weight excluding hydrogens is 212 g/mol. The van der Waals surface area contributed by atoms with Crippen molar-refractivity contribution < 1.29 is 9.21 Å². The number of hydrazine groups is 1. The number of nitrogens with zero attached hydrogens (tertiary/aromatic N) is 4. The standard InChI is InChI=1S/C8H10N6O2/c9-10-7(15)3-4-14-12-8(11-13-14)6-2-1-5-16-6/h1-2,5H,3-4,9H2,(H,10,15). The Hall–Kier alpha value is -2.22. The van der Waals surface area contributed by atoms with Crippen LogP contribution in [0.1, 0.15) is 6.42 Å². The molecule has 8 nitrogen and oxygen atoms in total. The van der Waals surface area contributed by atoms with Crippen molar-refractivity contribution in [1.29, 1.82) is 0 Å². The lowest BCUT2D eigenvalue weighted by atomic mass is 10.4. The second-order valence-corrected chi connectivity index (χ2v) is 3.00. The van der Waals surface area contributed by atoms with E-state index < -0.39 is 0 Å². The van der Waals surface area contributed by atoms with Crippen molar-refractivity contribution in [2.75, 3.05) is 0 Å². The minimum Gasteiger partial charge on any atom is -0.461 e. The van der Waals surface area contributed by atoms with E-state index in [0.29, 0.717) is 18.1 Å². The maximum Gasteiger partial charge on any atom is 0.240 e. The fraction of sp³-hybridized carbons (Fsp3) is 0.250. The first-order valence-corrected chi connectivity index (χ1v) is 4.60. The highest BCUT2D eigenvalue weighted by molar-refractivity contribution is 5.74. The first-order valence-electron chi connectivity index (χ1n) is 4.60. The van der Waals surface area contributed by atoms with E-state index >= 15 is 0 Å². The third kappa shape index (κ3) is 2.23. The summed E-state index contributed by atoms with van der Waals surface area (Å²) in [5.41, 5.74) is 2.02. The molecule has 84 valence electrons. The van der Waals surface area contributed by atoms with Gasteiger partial charge in [0.25, 0.3) is 0 Å². The van der Waals surface area contributed by atoms with E-state index in [0.717, 1.165) is 0 Å². The van der Waals surface area contributed by atoms with Crippen LogP contribution in [0.15, 0.2) is 22.8 Å². The molecule has 2 aromatic rings. The number of carbonyl (C=O) groups excluding carboxylic acids is 1. The van der Waals surface area contributed by atoms with Crippen molar-refractivity contribution >= 4 is 5.91 Å². The first-order chi connectivity index (χ1) is 7.79. The van der Waals surface area contributed by atoms with E-state index in [4.69, 9.17) is 10.3 Å². The quantitative estimate of drug-likeness (QED) is 0.402. The number of hydrogen-bond acceptors (Lipinski definition) is 6. The predicted octanol–water partition coefficient (Wildman–Crippen LogP) is -0.687. The predicted molar refractivity (Wildman–Crippen MR) is 52.5 cm³/mol. The molecule has 0 radical (unpaired) electrons. The molecule has 0 aliphatic heterocycles. The normalized spacial score (nSPS) is 10.3. The van der Waals surface area contributed by atoms with E-state index in [9.17, 15) is 4.79 Å². The summed E-state index contributed by atoms with van der Waals surface area (Å²) in [5.74, 6) is 5.58. The van der Waals surface area contributed by atoms with E-state index in [1.54, 1.807) is 12.1 Å². The van der Waals surface area contributed by atoms with Gasteiger partial charge in [-0.1, -0.05) is 0 Å². The Labute approximate surface area is 90.4 Å². The summed E-state index contributed by atoms with van der Waals surface area (Å²) in [6, 6.07) is 3.46. The number of rotatable bonds is 4. The number of carbonyl (C=O) groups is 1. The van der Waals surface area contributed by atoms with Gasteiger partial charge in [0.15, 0.2) is 5.76 Å². The van der Waals surface area contributed by atoms with Crippen LogP contribution in [0.3, 0.4) is 0 Å². The van der Waals surface area contributed by atoms with Gasteiger partial charge in [0.2, 0.25) is 11.7 Å². The molecule has 0 saturated heterocycles. The van der Waals surface area contributed by atoms with E-state index in [1.807, 2.05) is 5.43 Å². The smallest absolute Gasteiger partial charge is 0.240 e. The molecule has 8 heteroatoms. The number of aromatic nitrogens is 4. The highest BCUT2D eigenvalue weighted by atomic mass is 16.3. The van der Waals surface area contributed by atoms with Crippen LogP contribution in [0, 0.1) is 0 Å². The zero-order valence-corrected chi connectivity index (χ0v) is 8.33. The van der Waals surface area contributed by atoms with Crippen LogP contribution >= 0.6 is 0 Å². The summed E-state index contributed by atoms with van der Waals surface area (Å²) in [6.07, 6.45) is 1.72. The second-order valence-electron chi connectivity index (χ2n) is 3.00. The Kier molecular flexibility index (Phi) is 2.92. The summed E-state index contributed by atoms with van der Waals surface area (Å²) in [6.45, 7) is 0.316. The summed E-state index contributed by atoms with van der Waals surface area (Å²) < 4.78 is 5.10. The molecule has 1 amide bonds. The zero-order valence-electron chi connectivity index (χ0n) is 8.33. The van der Waals surface area contributed by atoms with Crippen LogP contribution < -0.4 is 11.3 Å². The van der Waals surface area contributed by atoms with Crippen LogP contribution in [0.4, 0.5) is 0 Å². The van der Waals surface area contributed by atoms with Gasteiger partial charge in [-0.15, -0.1) is 10.2 Å². The summed E-state index contributed by atoms with van der Waals surface area (Å²) in [4.78, 5) is 12.2. The molecule has 0 aromatic carbocycles. The number of tetrazole rings is 1. The minimum atomic E-state index is -0.281. The first kappa shape index (κ1) is 10.3. The maximum atomic E-state index is 10.9. The van der Waals surface area contributed by atoms with Crippen molar-refractivity contribution in [3.05, 3.63) is 18.4 Å². The van der Waals surface area contributed by atoms with Crippen LogP contribution in [-0.4, -0.2) is 26.1 Å². The van der Waals surface area contributed by atoms with E-state index in [2.05, 4.69) is 15.4 Å². The summed E-state index contributed by atoms with van der Waals surface area (Å²) in [7, 11) is 0. The summed E-state index contributed by atoms with van der Waals surface area (Å²) in [5, 5.41) is 11.6. The molecule has 0 bridgehead atoms. The van der Waals surface area contributed by atoms with E-state index in [-0.39, 0.29) is 12.3 Å². The molecule has 0 unspecified atom stereocenters. The van der Waals surface area contributed by atoms with Crippen LogP contribution in [0.5, 0.6) is 0 Å². The molecule has 2 rings (SSSR count). The molecule has 3 N–H and O–H groups in total. The Morgan fingerprint density at radius 1 is 1.62 bits per heavy atom. The third-order valence-electron chi connectivity index (χ3n) is 1.89. The SMILES string of the molecule is NNC(=O)CCn1nnc(-c2ccco2)n1. The number of nitrogens with two attached hydrogens (primary N) is 1. The lowest BCUT2D eigenvalue weighted by Crippen LogP contribution is -2.30. The lowest BCUT2D eigenvalue weighted by molar-refractivity contribution is -0.121. The number of amides is 1. The van der Waals surface area contributed by atoms with Gasteiger partial charge >= 0.3 is 0 Å². The van der Waals surface area contributed by atoms with Gasteiger partial charge in [-0.2, -0.15) is 4.80 Å². The Morgan fingerprint density at radius 2 is 2.50 bits per heavy atom. The van der Waals surface area contributed by atoms with Crippen LogP contribution in [0.25, 0.3) is 11.6 Å². The molecule has 2 aromatic heterocycles. The lowest BCUT2D eigenvalue weighted by Gasteiger charge is -1.97. The average Bonchev–Trinajstić information content (AvgIpc) is 2.95. The summed E-state index contributed by atoms with van der Waals surface area (Å²) >= 11 is 0. The molecule has 0 fully saturated rings. The Morgan fingerprint density at radius 3 is 3.19 bits per heavy atom. The third-order valence-corrected chi connectivity index (χ3v) is 1.89. The molecule has 2 heterocycles. The number of aryl methyl sites for hydroxylation is 1. The van der Waals surface area contributed by atoms with Crippen molar-refractivity contribution in [1.82, 2.24) is 25.6 Å². The van der Waals surface area contributed by atoms with Crippen molar-refractivity contribution in [3.63, 3.8) is 0 Å². The molecule has 0 saturated carbocycles. The van der Waals surface area contributed by atoms with Crippen LogP contribution in [-0.2, 0) is 11.3 Å². The van der Waals surface area contributed by atoms with Gasteiger partial charge < -0.3 is 4.42 Å². The number of furan rings is 1. The van der Waals surface area contributed by atoms with Gasteiger partial charge in [0.1, 0.15) is 0 Å². The molecular formula is C8H10N6O2. The van der Waals surface area contributed by atoms with Gasteiger partial charge in [-0.05, 0) is 17.3 Å². The molecule has 0 atom stereocenters. The molecule has 16 heavy (non-hydrogen) atoms. The molecule has 0 aliphatic carbocycles. The maximum absolute atomic E-state index is 10.9. The topological polar surface area (TPSA) is 112 Å². The monoisotopic (exact) mass is 222 g/mol. The highest BCUT2D eigenvalue weighted by Crippen LogP contribution is 2.12. The van der Waals surface area contributed by atoms with Crippen molar-refractivity contribution in [3.8, 4) is 11.6 Å². The van der Waals surface area contributed by atoms with Crippen molar-refractivity contribution in [2.45, 2.75) is 13.0 Å². The van der Waals surface area contributed by atoms with Gasteiger partial charge in [-0.3, -0.25) is 10.2 Å². The number of hydrogen-bond donors (Lipinski definition) is 2. The van der Waals surface area contributed by atoms with Gasteiger partial charge in [0, 0.05) is 6.42 Å². The minimum absolute atomic E-state index is 0.199. The number of nitrogens with one attached hydrogen (secondary N) is 1. The fourth-order valence-electron chi connectivity index (χ4n) is 1.12. The fourth-order valence-corrected chi connectivity index (χ4v) is 1.12. The average molecular weight is 222 g/mol. The van der Waals surface area contributed by atoms with Crippen molar-refractivity contribution in [2.24, 2.45) is 5.84 Å². The molecule has 0 spiro atoms. The van der Waals surface area contributed by atoms with Gasteiger partial charge in [-0.25, -0.2) is 5.84 Å². The highest BCUT2D eigenvalue weighted by Gasteiger charge is 2.08. The Bertz CT molecular complexity index is 463. The van der Waals surface area contributed by atoms with Crippen LogP contribution in [0.2, 0.25) is 0 Å². The Balaban J connectivity index is 2.00.